The van der Waals surface area contributed by atoms with Gasteiger partial charge in [0.15, 0.2) is 9.84 Å². The van der Waals surface area contributed by atoms with Crippen LogP contribution >= 0.6 is 11.6 Å². The van der Waals surface area contributed by atoms with Crippen LogP contribution in [0.1, 0.15) is 24.1 Å². The van der Waals surface area contributed by atoms with Gasteiger partial charge in [-0.1, -0.05) is 23.7 Å². The number of rotatable bonds is 6. The maximum atomic E-state index is 12.7. The largest absolute Gasteiger partial charge is 0.416 e. The van der Waals surface area contributed by atoms with Gasteiger partial charge in [0.25, 0.3) is 0 Å². The molecule has 0 aliphatic heterocycles. The first kappa shape index (κ1) is 19.8. The van der Waals surface area contributed by atoms with Gasteiger partial charge in [-0.25, -0.2) is 8.42 Å². The molecule has 0 aliphatic carbocycles. The van der Waals surface area contributed by atoms with Crippen LogP contribution in [-0.4, -0.2) is 20.7 Å². The van der Waals surface area contributed by atoms with Gasteiger partial charge in [-0.05, 0) is 48.9 Å². The summed E-state index contributed by atoms with van der Waals surface area (Å²) >= 11 is 5.73. The third-order valence-electron chi connectivity index (χ3n) is 3.71. The summed E-state index contributed by atoms with van der Waals surface area (Å²) in [5, 5.41) is 3.38. The first-order chi connectivity index (χ1) is 11.6. The average Bonchev–Trinajstić information content (AvgIpc) is 2.54. The Hall–Kier alpha value is -1.57. The second-order valence-corrected chi connectivity index (χ2v) is 8.12. The number of hydrogen-bond donors (Lipinski definition) is 1. The average molecular weight is 392 g/mol. The maximum absolute atomic E-state index is 12.7. The number of alkyl halides is 3. The summed E-state index contributed by atoms with van der Waals surface area (Å²) in [7, 11) is -3.49. The molecular weight excluding hydrogens is 375 g/mol. The van der Waals surface area contributed by atoms with Gasteiger partial charge in [-0.15, -0.1) is 0 Å². The Morgan fingerprint density at radius 1 is 1.12 bits per heavy atom. The van der Waals surface area contributed by atoms with E-state index in [1.807, 2.05) is 0 Å². The third kappa shape index (κ3) is 5.45. The van der Waals surface area contributed by atoms with E-state index in [2.05, 4.69) is 5.32 Å². The minimum Gasteiger partial charge on any atom is -0.309 e. The lowest BCUT2D eigenvalue weighted by Gasteiger charge is -2.16. The molecule has 8 heteroatoms. The second kappa shape index (κ2) is 7.76. The number of hydrogen-bond acceptors (Lipinski definition) is 3. The van der Waals surface area contributed by atoms with Crippen LogP contribution in [0.5, 0.6) is 0 Å². The van der Waals surface area contributed by atoms with Crippen LogP contribution in [0.3, 0.4) is 0 Å². The van der Waals surface area contributed by atoms with E-state index in [1.54, 1.807) is 13.0 Å². The molecule has 1 N–H and O–H groups in total. The van der Waals surface area contributed by atoms with E-state index in [4.69, 9.17) is 11.6 Å². The number of halogens is 4. The molecule has 0 radical (unpaired) electrons. The van der Waals surface area contributed by atoms with Gasteiger partial charge in [-0.2, -0.15) is 13.2 Å². The minimum absolute atomic E-state index is 0.113. The molecular formula is C17H17ClF3NO2S. The fraction of sp³-hybridized carbons (Fsp3) is 0.294. The Labute approximate surface area is 149 Å². The Kier molecular flexibility index (Phi) is 6.13. The summed E-state index contributed by atoms with van der Waals surface area (Å²) in [5.41, 5.74) is -0.286. The van der Waals surface area contributed by atoms with E-state index in [-0.39, 0.29) is 17.2 Å². The molecule has 0 saturated heterocycles. The van der Waals surface area contributed by atoms with Crippen LogP contribution in [0, 0.1) is 0 Å². The quantitative estimate of drug-likeness (QED) is 0.789. The van der Waals surface area contributed by atoms with Crippen molar-refractivity contribution in [3.05, 3.63) is 64.7 Å². The van der Waals surface area contributed by atoms with Crippen molar-refractivity contribution >= 4 is 21.4 Å². The maximum Gasteiger partial charge on any atom is 0.416 e. The lowest BCUT2D eigenvalue weighted by molar-refractivity contribution is -0.137. The molecule has 0 aromatic heterocycles. The summed E-state index contributed by atoms with van der Waals surface area (Å²) in [6, 6.07) is 10.4. The zero-order chi connectivity index (χ0) is 18.7. The van der Waals surface area contributed by atoms with Gasteiger partial charge < -0.3 is 5.32 Å². The first-order valence-electron chi connectivity index (χ1n) is 7.48. The van der Waals surface area contributed by atoms with Crippen molar-refractivity contribution in [1.29, 1.82) is 0 Å². The Balaban J connectivity index is 1.98. The zero-order valence-electron chi connectivity index (χ0n) is 13.3. The smallest absolute Gasteiger partial charge is 0.309 e. The van der Waals surface area contributed by atoms with Gasteiger partial charge in [0.1, 0.15) is 0 Å². The van der Waals surface area contributed by atoms with Gasteiger partial charge in [0, 0.05) is 17.6 Å². The van der Waals surface area contributed by atoms with Crippen molar-refractivity contribution in [2.75, 3.05) is 12.3 Å². The van der Waals surface area contributed by atoms with Crippen molar-refractivity contribution < 1.29 is 21.6 Å². The molecule has 0 aliphatic rings. The minimum atomic E-state index is -4.41. The van der Waals surface area contributed by atoms with Crippen LogP contribution in [-0.2, 0) is 16.0 Å². The summed E-state index contributed by atoms with van der Waals surface area (Å²) in [6.07, 6.45) is -4.41. The highest BCUT2D eigenvalue weighted by Gasteiger charge is 2.30. The van der Waals surface area contributed by atoms with Crippen LogP contribution in [0.15, 0.2) is 53.4 Å². The third-order valence-corrected chi connectivity index (χ3v) is 5.69. The molecule has 136 valence electrons. The van der Waals surface area contributed by atoms with Crippen molar-refractivity contribution in [3.8, 4) is 0 Å². The fourth-order valence-electron chi connectivity index (χ4n) is 2.27. The van der Waals surface area contributed by atoms with Crippen molar-refractivity contribution in [2.45, 2.75) is 24.0 Å². The van der Waals surface area contributed by atoms with Gasteiger partial charge >= 0.3 is 6.18 Å². The Bertz CT molecular complexity index is 821. The predicted molar refractivity (Wildman–Crippen MR) is 91.4 cm³/mol. The van der Waals surface area contributed by atoms with Crippen molar-refractivity contribution in [1.82, 2.24) is 5.32 Å². The highest BCUT2D eigenvalue weighted by atomic mass is 35.5. The molecule has 1 atom stereocenters. The van der Waals surface area contributed by atoms with Gasteiger partial charge in [0.2, 0.25) is 0 Å². The van der Waals surface area contributed by atoms with E-state index >= 15 is 0 Å². The molecule has 2 rings (SSSR count). The molecule has 0 heterocycles. The molecule has 0 fully saturated rings. The molecule has 1 unspecified atom stereocenters. The van der Waals surface area contributed by atoms with E-state index in [9.17, 15) is 21.6 Å². The van der Waals surface area contributed by atoms with Crippen LogP contribution in [0.2, 0.25) is 5.02 Å². The first-order valence-corrected chi connectivity index (χ1v) is 9.51. The van der Waals surface area contributed by atoms with Crippen molar-refractivity contribution in [3.63, 3.8) is 0 Å². The molecule has 0 saturated carbocycles. The van der Waals surface area contributed by atoms with Gasteiger partial charge in [0.05, 0.1) is 16.2 Å². The van der Waals surface area contributed by atoms with Gasteiger partial charge in [-0.3, -0.25) is 0 Å². The van der Waals surface area contributed by atoms with Crippen LogP contribution in [0.25, 0.3) is 0 Å². The summed E-state index contributed by atoms with van der Waals surface area (Å²) in [5.74, 6) is -0.169. The SMILES string of the molecule is CC(NCCS(=O)(=O)c1ccc(Cl)cc1)c1cccc(C(F)(F)F)c1. The summed E-state index contributed by atoms with van der Waals surface area (Å²) in [6.45, 7) is 1.80. The standard InChI is InChI=1S/C17H17ClF3NO2S/c1-12(13-3-2-4-14(11-13)17(19,20)21)22-9-10-25(23,24)16-7-5-15(18)6-8-16/h2-8,11-12,22H,9-10H2,1H3. The number of sulfone groups is 1. The number of benzene rings is 2. The predicted octanol–water partition coefficient (Wildman–Crippen LogP) is 4.48. The van der Waals surface area contributed by atoms with Crippen molar-refractivity contribution in [2.24, 2.45) is 0 Å². The summed E-state index contributed by atoms with van der Waals surface area (Å²) < 4.78 is 62.7. The van der Waals surface area contributed by atoms with E-state index < -0.39 is 27.6 Å². The topological polar surface area (TPSA) is 46.2 Å². The zero-order valence-corrected chi connectivity index (χ0v) is 14.9. The van der Waals surface area contributed by atoms with E-state index in [0.29, 0.717) is 10.6 Å². The number of nitrogens with one attached hydrogen (secondary N) is 1. The Morgan fingerprint density at radius 2 is 1.76 bits per heavy atom. The van der Waals surface area contributed by atoms with Crippen LogP contribution < -0.4 is 5.32 Å². The molecule has 2 aromatic carbocycles. The fourth-order valence-corrected chi connectivity index (χ4v) is 3.57. The van der Waals surface area contributed by atoms with Crippen LogP contribution in [0.4, 0.5) is 13.2 Å². The second-order valence-electron chi connectivity index (χ2n) is 5.57. The molecule has 25 heavy (non-hydrogen) atoms. The molecule has 0 spiro atoms. The lowest BCUT2D eigenvalue weighted by atomic mass is 10.1. The van der Waals surface area contributed by atoms with E-state index in [0.717, 1.165) is 12.1 Å². The normalized spacial score (nSPS) is 13.6. The highest BCUT2D eigenvalue weighted by Crippen LogP contribution is 2.30. The monoisotopic (exact) mass is 391 g/mol. The lowest BCUT2D eigenvalue weighted by Crippen LogP contribution is -2.26. The molecule has 2 aromatic rings. The summed E-state index contributed by atoms with van der Waals surface area (Å²) in [4.78, 5) is 0.158. The molecule has 3 nitrogen and oxygen atoms in total. The van der Waals surface area contributed by atoms with E-state index in [1.165, 1.54) is 30.3 Å². The highest BCUT2D eigenvalue weighted by molar-refractivity contribution is 7.91. The Morgan fingerprint density at radius 3 is 2.36 bits per heavy atom. The molecule has 0 amide bonds. The molecule has 0 bridgehead atoms.